The third-order valence-corrected chi connectivity index (χ3v) is 6.96. The molecule has 0 saturated heterocycles. The maximum atomic E-state index is 7.61. The van der Waals surface area contributed by atoms with E-state index in [4.69, 9.17) is 22.3 Å². The summed E-state index contributed by atoms with van der Waals surface area (Å²) < 4.78 is 1.81. The molecule has 1 aromatic heterocycles. The van der Waals surface area contributed by atoms with Crippen LogP contribution in [0.3, 0.4) is 0 Å². The van der Waals surface area contributed by atoms with Crippen molar-refractivity contribution in [1.82, 2.24) is 24.8 Å². The maximum absolute atomic E-state index is 7.61. The van der Waals surface area contributed by atoms with Gasteiger partial charge in [-0.1, -0.05) is 47.7 Å². The second-order valence-electron chi connectivity index (χ2n) is 9.25. The molecule has 2 aliphatic rings. The molecular formula is C27H31N9. The van der Waals surface area contributed by atoms with Gasteiger partial charge in [0.15, 0.2) is 11.9 Å². The Bertz CT molecular complexity index is 1360. The molecule has 0 aliphatic carbocycles. The first-order valence-corrected chi connectivity index (χ1v) is 12.1. The van der Waals surface area contributed by atoms with Gasteiger partial charge in [-0.25, -0.2) is 4.68 Å². The first-order chi connectivity index (χ1) is 17.4. The Morgan fingerprint density at radius 3 is 2.00 bits per heavy atom. The van der Waals surface area contributed by atoms with Crippen LogP contribution >= 0.6 is 0 Å². The summed E-state index contributed by atoms with van der Waals surface area (Å²) in [4.78, 5) is 3.73. The summed E-state index contributed by atoms with van der Waals surface area (Å²) >= 11 is 0. The molecule has 0 bridgehead atoms. The van der Waals surface area contributed by atoms with Gasteiger partial charge in [0.1, 0.15) is 5.69 Å². The SMILES string of the molecule is Cc1cc(-n2cc(-c3ccc(C4=CCN(C(=N)N)CC4)cc3)nn2)ccc1C1=CCN(C(=N)N)CC1. The van der Waals surface area contributed by atoms with Crippen molar-refractivity contribution >= 4 is 23.1 Å². The van der Waals surface area contributed by atoms with E-state index < -0.39 is 0 Å². The van der Waals surface area contributed by atoms with Crippen LogP contribution in [-0.2, 0) is 0 Å². The topological polar surface area (TPSA) is 137 Å². The normalized spacial score (nSPS) is 15.9. The molecular weight excluding hydrogens is 450 g/mol. The van der Waals surface area contributed by atoms with E-state index in [1.54, 1.807) is 0 Å². The third kappa shape index (κ3) is 4.72. The van der Waals surface area contributed by atoms with Crippen LogP contribution in [0.1, 0.15) is 29.5 Å². The van der Waals surface area contributed by atoms with E-state index in [1.807, 2.05) is 20.7 Å². The monoisotopic (exact) mass is 481 g/mol. The van der Waals surface area contributed by atoms with Gasteiger partial charge >= 0.3 is 0 Å². The van der Waals surface area contributed by atoms with Gasteiger partial charge in [-0.2, -0.15) is 0 Å². The number of benzene rings is 2. The molecule has 5 rings (SSSR count). The smallest absolute Gasteiger partial charge is 0.188 e. The lowest BCUT2D eigenvalue weighted by molar-refractivity contribution is 0.451. The summed E-state index contributed by atoms with van der Waals surface area (Å²) in [6.45, 7) is 4.99. The number of aryl methyl sites for hydroxylation is 1. The van der Waals surface area contributed by atoms with E-state index in [1.165, 1.54) is 27.8 Å². The number of aromatic nitrogens is 3. The number of hydrogen-bond acceptors (Lipinski definition) is 4. The lowest BCUT2D eigenvalue weighted by Gasteiger charge is -2.27. The summed E-state index contributed by atoms with van der Waals surface area (Å²) in [6, 6.07) is 14.7. The number of hydrogen-bond donors (Lipinski definition) is 4. The van der Waals surface area contributed by atoms with Crippen molar-refractivity contribution in [3.8, 4) is 16.9 Å². The van der Waals surface area contributed by atoms with E-state index in [9.17, 15) is 0 Å². The standard InChI is InChI=1S/C27H31N9/c1-18-16-23(6-7-24(18)21-10-14-35(15-11-21)27(30)31)36-17-25(32-33-36)22-4-2-19(3-5-22)20-8-12-34(13-9-20)26(28)29/h2-8,10,16-17H,9,11-15H2,1H3,(H3,28,29)(H3,30,31). The zero-order chi connectivity index (χ0) is 25.2. The molecule has 3 heterocycles. The van der Waals surface area contributed by atoms with Crippen molar-refractivity contribution in [2.75, 3.05) is 26.2 Å². The van der Waals surface area contributed by atoms with Crippen LogP contribution < -0.4 is 11.5 Å². The minimum atomic E-state index is 0.126. The molecule has 0 saturated carbocycles. The fourth-order valence-electron chi connectivity index (χ4n) is 4.81. The van der Waals surface area contributed by atoms with Crippen molar-refractivity contribution in [2.45, 2.75) is 19.8 Å². The molecule has 0 amide bonds. The highest BCUT2D eigenvalue weighted by Crippen LogP contribution is 2.28. The highest BCUT2D eigenvalue weighted by atomic mass is 15.4. The first-order valence-electron chi connectivity index (χ1n) is 12.1. The molecule has 0 unspecified atom stereocenters. The lowest BCUT2D eigenvalue weighted by atomic mass is 9.95. The molecule has 0 atom stereocenters. The Labute approximate surface area is 210 Å². The van der Waals surface area contributed by atoms with Gasteiger partial charge in [0.25, 0.3) is 0 Å². The quantitative estimate of drug-likeness (QED) is 0.334. The Morgan fingerprint density at radius 1 is 0.833 bits per heavy atom. The molecule has 0 spiro atoms. The van der Waals surface area contributed by atoms with Gasteiger partial charge in [0.2, 0.25) is 0 Å². The number of nitrogens with one attached hydrogen (secondary N) is 2. The van der Waals surface area contributed by atoms with Gasteiger partial charge in [-0.3, -0.25) is 10.8 Å². The van der Waals surface area contributed by atoms with Crippen molar-refractivity contribution in [2.24, 2.45) is 11.5 Å². The van der Waals surface area contributed by atoms with Crippen LogP contribution in [-0.4, -0.2) is 62.9 Å². The largest absolute Gasteiger partial charge is 0.370 e. The first kappa shape index (κ1) is 23.3. The predicted molar refractivity (Wildman–Crippen MR) is 144 cm³/mol. The summed E-state index contributed by atoms with van der Waals surface area (Å²) in [5, 5.41) is 24.0. The van der Waals surface area contributed by atoms with Crippen LogP contribution in [0.25, 0.3) is 28.1 Å². The second-order valence-corrected chi connectivity index (χ2v) is 9.25. The maximum Gasteiger partial charge on any atom is 0.188 e. The number of rotatable bonds is 4. The Balaban J connectivity index is 1.30. The van der Waals surface area contributed by atoms with Gasteiger partial charge in [-0.15, -0.1) is 5.10 Å². The molecule has 2 aliphatic heterocycles. The third-order valence-electron chi connectivity index (χ3n) is 6.96. The van der Waals surface area contributed by atoms with Crippen LogP contribution in [0.4, 0.5) is 0 Å². The van der Waals surface area contributed by atoms with Crippen molar-refractivity contribution in [1.29, 1.82) is 10.8 Å². The van der Waals surface area contributed by atoms with E-state index in [0.29, 0.717) is 13.1 Å². The second kappa shape index (κ2) is 9.69. The molecule has 36 heavy (non-hydrogen) atoms. The summed E-state index contributed by atoms with van der Waals surface area (Å²) in [6.07, 6.45) is 8.00. The van der Waals surface area contributed by atoms with Gasteiger partial charge in [0.05, 0.1) is 11.9 Å². The van der Waals surface area contributed by atoms with Crippen LogP contribution in [0, 0.1) is 17.7 Å². The van der Waals surface area contributed by atoms with Crippen LogP contribution in [0.2, 0.25) is 0 Å². The molecule has 9 nitrogen and oxygen atoms in total. The minimum Gasteiger partial charge on any atom is -0.370 e. The highest BCUT2D eigenvalue weighted by Gasteiger charge is 2.16. The average Bonchev–Trinajstić information content (AvgIpc) is 3.39. The number of nitrogens with zero attached hydrogens (tertiary/aromatic N) is 5. The summed E-state index contributed by atoms with van der Waals surface area (Å²) in [7, 11) is 0. The van der Waals surface area contributed by atoms with Gasteiger partial charge in [-0.05, 0) is 59.7 Å². The lowest BCUT2D eigenvalue weighted by Crippen LogP contribution is -2.39. The molecule has 184 valence electrons. The van der Waals surface area contributed by atoms with E-state index >= 15 is 0 Å². The molecule has 6 N–H and O–H groups in total. The Kier molecular flexibility index (Phi) is 6.28. The van der Waals surface area contributed by atoms with Gasteiger partial charge < -0.3 is 21.3 Å². The van der Waals surface area contributed by atoms with E-state index in [2.05, 4.69) is 71.9 Å². The van der Waals surface area contributed by atoms with Crippen molar-refractivity contribution < 1.29 is 0 Å². The van der Waals surface area contributed by atoms with E-state index in [-0.39, 0.29) is 11.9 Å². The minimum absolute atomic E-state index is 0.126. The molecule has 0 radical (unpaired) electrons. The zero-order valence-corrected chi connectivity index (χ0v) is 20.4. The predicted octanol–water partition coefficient (Wildman–Crippen LogP) is 3.21. The fraction of sp³-hybridized carbons (Fsp3) is 0.259. The summed E-state index contributed by atoms with van der Waals surface area (Å²) in [5.41, 5.74) is 20.2. The van der Waals surface area contributed by atoms with E-state index in [0.717, 1.165) is 42.9 Å². The zero-order valence-electron chi connectivity index (χ0n) is 20.4. The van der Waals surface area contributed by atoms with Crippen LogP contribution in [0.5, 0.6) is 0 Å². The Hall–Kier alpha value is -4.40. The van der Waals surface area contributed by atoms with Crippen molar-refractivity contribution in [3.63, 3.8) is 0 Å². The Morgan fingerprint density at radius 2 is 1.44 bits per heavy atom. The molecule has 3 aromatic rings. The highest BCUT2D eigenvalue weighted by molar-refractivity contribution is 5.78. The van der Waals surface area contributed by atoms with Crippen molar-refractivity contribution in [3.05, 3.63) is 77.5 Å². The fourth-order valence-corrected chi connectivity index (χ4v) is 4.81. The van der Waals surface area contributed by atoms with Gasteiger partial charge in [0, 0.05) is 31.7 Å². The molecule has 0 fully saturated rings. The average molecular weight is 482 g/mol. The van der Waals surface area contributed by atoms with Crippen LogP contribution in [0.15, 0.2) is 60.8 Å². The molecule has 2 aromatic carbocycles. The number of nitrogens with two attached hydrogens (primary N) is 2. The molecule has 9 heteroatoms. The number of guanidine groups is 2. The summed E-state index contributed by atoms with van der Waals surface area (Å²) in [5.74, 6) is 0.252.